The summed E-state index contributed by atoms with van der Waals surface area (Å²) in [6, 6.07) is 10.4. The molecule has 0 spiro atoms. The summed E-state index contributed by atoms with van der Waals surface area (Å²) < 4.78 is 5.79. The molecule has 0 aromatic heterocycles. The maximum atomic E-state index is 8.74. The van der Waals surface area contributed by atoms with E-state index in [9.17, 15) is 0 Å². The number of hydrogen-bond donors (Lipinski definition) is 1. The van der Waals surface area contributed by atoms with Crippen LogP contribution in [0.4, 0.5) is 0 Å². The van der Waals surface area contributed by atoms with Gasteiger partial charge >= 0.3 is 0 Å². The first-order chi connectivity index (χ1) is 8.28. The lowest BCUT2D eigenvalue weighted by Crippen LogP contribution is -2.12. The minimum absolute atomic E-state index is 0.147. The second-order valence-electron chi connectivity index (χ2n) is 4.80. The summed E-state index contributed by atoms with van der Waals surface area (Å²) in [7, 11) is 1.93. The maximum Gasteiger partial charge on any atom is 0.119 e. The van der Waals surface area contributed by atoms with E-state index in [2.05, 4.69) is 23.5 Å². The standard InChI is InChI=1S/C14H18N2O/c1-16-10-12-3-2-4-13(9-12)17-11-14(5-6-14)7-8-15/h2-4,9,16H,5-7,10-11H2,1H3. The molecule has 0 aliphatic heterocycles. The molecule has 1 aliphatic carbocycles. The Hall–Kier alpha value is -1.53. The van der Waals surface area contributed by atoms with Crippen molar-refractivity contribution in [1.29, 1.82) is 5.26 Å². The molecule has 0 amide bonds. The predicted molar refractivity (Wildman–Crippen MR) is 66.6 cm³/mol. The molecule has 1 N–H and O–H groups in total. The molecule has 1 aliphatic rings. The Morgan fingerprint density at radius 3 is 2.94 bits per heavy atom. The zero-order valence-corrected chi connectivity index (χ0v) is 10.2. The van der Waals surface area contributed by atoms with E-state index in [-0.39, 0.29) is 5.41 Å². The van der Waals surface area contributed by atoms with Gasteiger partial charge < -0.3 is 10.1 Å². The third-order valence-electron chi connectivity index (χ3n) is 3.24. The van der Waals surface area contributed by atoms with Crippen molar-refractivity contribution in [1.82, 2.24) is 5.32 Å². The second kappa shape index (κ2) is 5.20. The minimum atomic E-state index is 0.147. The molecule has 0 heterocycles. The van der Waals surface area contributed by atoms with E-state index in [0.29, 0.717) is 13.0 Å². The van der Waals surface area contributed by atoms with Crippen LogP contribution in [0.3, 0.4) is 0 Å². The fourth-order valence-corrected chi connectivity index (χ4v) is 1.90. The summed E-state index contributed by atoms with van der Waals surface area (Å²) >= 11 is 0. The highest BCUT2D eigenvalue weighted by molar-refractivity contribution is 5.28. The lowest BCUT2D eigenvalue weighted by Gasteiger charge is -2.13. The summed E-state index contributed by atoms with van der Waals surface area (Å²) in [4.78, 5) is 0. The minimum Gasteiger partial charge on any atom is -0.493 e. The quantitative estimate of drug-likeness (QED) is 0.816. The van der Waals surface area contributed by atoms with Gasteiger partial charge in [-0.2, -0.15) is 5.26 Å². The van der Waals surface area contributed by atoms with E-state index < -0.39 is 0 Å². The van der Waals surface area contributed by atoms with Gasteiger partial charge in [0.05, 0.1) is 12.7 Å². The van der Waals surface area contributed by atoms with Crippen molar-refractivity contribution < 1.29 is 4.74 Å². The normalized spacial score (nSPS) is 16.2. The van der Waals surface area contributed by atoms with Crippen molar-refractivity contribution in [2.75, 3.05) is 13.7 Å². The highest BCUT2D eigenvalue weighted by Crippen LogP contribution is 2.48. The van der Waals surface area contributed by atoms with Gasteiger partial charge in [0.15, 0.2) is 0 Å². The van der Waals surface area contributed by atoms with Crippen molar-refractivity contribution in [3.63, 3.8) is 0 Å². The Kier molecular flexibility index (Phi) is 3.65. The van der Waals surface area contributed by atoms with E-state index in [4.69, 9.17) is 10.00 Å². The fourth-order valence-electron chi connectivity index (χ4n) is 1.90. The third-order valence-corrected chi connectivity index (χ3v) is 3.24. The monoisotopic (exact) mass is 230 g/mol. The van der Waals surface area contributed by atoms with Crippen LogP contribution in [0.5, 0.6) is 5.75 Å². The molecule has 3 heteroatoms. The lowest BCUT2D eigenvalue weighted by atomic mass is 10.1. The molecule has 2 rings (SSSR count). The van der Waals surface area contributed by atoms with Gasteiger partial charge in [-0.25, -0.2) is 0 Å². The highest BCUT2D eigenvalue weighted by Gasteiger charge is 2.43. The SMILES string of the molecule is CNCc1cccc(OCC2(CC#N)CC2)c1. The second-order valence-corrected chi connectivity index (χ2v) is 4.80. The average Bonchev–Trinajstić information content (AvgIpc) is 3.09. The van der Waals surface area contributed by atoms with Crippen LogP contribution >= 0.6 is 0 Å². The van der Waals surface area contributed by atoms with Crippen LogP contribution in [0.1, 0.15) is 24.8 Å². The van der Waals surface area contributed by atoms with Gasteiger partial charge in [0.25, 0.3) is 0 Å². The first-order valence-corrected chi connectivity index (χ1v) is 6.01. The van der Waals surface area contributed by atoms with Crippen LogP contribution in [0.25, 0.3) is 0 Å². The summed E-state index contributed by atoms with van der Waals surface area (Å²) in [5.41, 5.74) is 1.36. The summed E-state index contributed by atoms with van der Waals surface area (Å²) in [5, 5.41) is 11.9. The van der Waals surface area contributed by atoms with Crippen LogP contribution in [0, 0.1) is 16.7 Å². The number of nitriles is 1. The van der Waals surface area contributed by atoms with Gasteiger partial charge in [-0.1, -0.05) is 12.1 Å². The number of ether oxygens (including phenoxy) is 1. The number of nitrogens with zero attached hydrogens (tertiary/aromatic N) is 1. The molecule has 1 aromatic rings. The Morgan fingerprint density at radius 2 is 2.29 bits per heavy atom. The molecule has 3 nitrogen and oxygen atoms in total. The molecule has 1 fully saturated rings. The van der Waals surface area contributed by atoms with E-state index in [1.54, 1.807) is 0 Å². The Balaban J connectivity index is 1.91. The topological polar surface area (TPSA) is 45.0 Å². The van der Waals surface area contributed by atoms with Crippen LogP contribution in [0.2, 0.25) is 0 Å². The molecule has 1 saturated carbocycles. The average molecular weight is 230 g/mol. The molecule has 17 heavy (non-hydrogen) atoms. The maximum absolute atomic E-state index is 8.74. The van der Waals surface area contributed by atoms with Crippen LogP contribution < -0.4 is 10.1 Å². The van der Waals surface area contributed by atoms with Crippen molar-refractivity contribution >= 4 is 0 Å². The van der Waals surface area contributed by atoms with Crippen LogP contribution in [-0.4, -0.2) is 13.7 Å². The van der Waals surface area contributed by atoms with Crippen LogP contribution in [-0.2, 0) is 6.54 Å². The number of nitrogens with one attached hydrogen (secondary N) is 1. The van der Waals surface area contributed by atoms with Gasteiger partial charge in [-0.3, -0.25) is 0 Å². The molecule has 0 bridgehead atoms. The molecule has 1 aromatic carbocycles. The van der Waals surface area contributed by atoms with Gasteiger partial charge in [-0.05, 0) is 37.6 Å². The first-order valence-electron chi connectivity index (χ1n) is 6.01. The third kappa shape index (κ3) is 3.21. The van der Waals surface area contributed by atoms with E-state index in [0.717, 1.165) is 25.1 Å². The number of rotatable bonds is 6. The Labute approximate surface area is 102 Å². The van der Waals surface area contributed by atoms with Crippen molar-refractivity contribution in [2.24, 2.45) is 5.41 Å². The van der Waals surface area contributed by atoms with Crippen molar-refractivity contribution in [2.45, 2.75) is 25.8 Å². The van der Waals surface area contributed by atoms with E-state index in [1.807, 2.05) is 19.2 Å². The van der Waals surface area contributed by atoms with E-state index >= 15 is 0 Å². The molecular weight excluding hydrogens is 212 g/mol. The van der Waals surface area contributed by atoms with Gasteiger partial charge in [0, 0.05) is 18.4 Å². The Bertz CT molecular complexity index is 418. The molecule has 0 radical (unpaired) electrons. The lowest BCUT2D eigenvalue weighted by molar-refractivity contribution is 0.236. The Morgan fingerprint density at radius 1 is 1.47 bits per heavy atom. The smallest absolute Gasteiger partial charge is 0.119 e. The summed E-state index contributed by atoms with van der Waals surface area (Å²) in [6.45, 7) is 1.52. The number of hydrogen-bond acceptors (Lipinski definition) is 3. The molecule has 0 saturated heterocycles. The van der Waals surface area contributed by atoms with Gasteiger partial charge in [0.1, 0.15) is 5.75 Å². The predicted octanol–water partition coefficient (Wildman–Crippen LogP) is 2.48. The van der Waals surface area contributed by atoms with Crippen molar-refractivity contribution in [3.05, 3.63) is 29.8 Å². The zero-order valence-electron chi connectivity index (χ0n) is 10.2. The van der Waals surface area contributed by atoms with Gasteiger partial charge in [-0.15, -0.1) is 0 Å². The molecular formula is C14H18N2O. The van der Waals surface area contributed by atoms with Gasteiger partial charge in [0.2, 0.25) is 0 Å². The molecule has 0 atom stereocenters. The largest absolute Gasteiger partial charge is 0.493 e. The summed E-state index contributed by atoms with van der Waals surface area (Å²) in [5.74, 6) is 0.905. The first kappa shape index (κ1) is 11.9. The highest BCUT2D eigenvalue weighted by atomic mass is 16.5. The molecule has 0 unspecified atom stereocenters. The van der Waals surface area contributed by atoms with E-state index in [1.165, 1.54) is 5.56 Å². The fraction of sp³-hybridized carbons (Fsp3) is 0.500. The number of benzene rings is 1. The molecule has 90 valence electrons. The summed E-state index contributed by atoms with van der Waals surface area (Å²) in [6.07, 6.45) is 2.86. The van der Waals surface area contributed by atoms with Crippen LogP contribution in [0.15, 0.2) is 24.3 Å². The zero-order chi connectivity index (χ0) is 12.1. The van der Waals surface area contributed by atoms with Crippen molar-refractivity contribution in [3.8, 4) is 11.8 Å².